The number of aliphatic carboxylic acids is 1. The number of rotatable bonds is 14. The van der Waals surface area contributed by atoms with Crippen molar-refractivity contribution in [2.24, 2.45) is 0 Å². The van der Waals surface area contributed by atoms with Crippen LogP contribution in [0.3, 0.4) is 0 Å². The molecule has 2 atom stereocenters. The molecule has 0 spiro atoms. The lowest BCUT2D eigenvalue weighted by Gasteiger charge is -2.08. The number of unbranched alkanes of at least 4 members (excludes halogenated alkanes) is 7. The highest BCUT2D eigenvalue weighted by Gasteiger charge is 2.29. The fourth-order valence-electron chi connectivity index (χ4n) is 2.26. The fourth-order valence-corrected chi connectivity index (χ4v) is 2.98. The van der Waals surface area contributed by atoms with E-state index in [2.05, 4.69) is 0 Å². The second-order valence-corrected chi connectivity index (χ2v) is 7.18. The molecule has 0 rings (SSSR count). The Morgan fingerprint density at radius 3 is 1.64 bits per heavy atom. The van der Waals surface area contributed by atoms with E-state index in [9.17, 15) is 13.2 Å². The molecule has 0 aromatic carbocycles. The highest BCUT2D eigenvalue weighted by molar-refractivity contribution is 7.87. The Kier molecular flexibility index (Phi) is 11.4. The largest absolute Gasteiger partial charge is 0.480 e. The van der Waals surface area contributed by atoms with E-state index in [0.717, 1.165) is 44.9 Å². The highest BCUT2D eigenvalue weighted by atomic mass is 32.2. The third-order valence-corrected chi connectivity index (χ3v) is 4.76. The van der Waals surface area contributed by atoms with E-state index in [0.29, 0.717) is 12.8 Å². The second-order valence-electron chi connectivity index (χ2n) is 5.58. The third-order valence-electron chi connectivity index (χ3n) is 3.60. The van der Waals surface area contributed by atoms with Crippen LogP contribution in [0.2, 0.25) is 0 Å². The van der Waals surface area contributed by atoms with Gasteiger partial charge in [-0.3, -0.25) is 9.35 Å². The number of aliphatic hydroxyl groups is 2. The van der Waals surface area contributed by atoms with E-state index in [1.807, 2.05) is 0 Å². The number of hydrogen-bond donors (Lipinski definition) is 4. The molecule has 0 bridgehead atoms. The topological polar surface area (TPSA) is 132 Å². The molecule has 7 nitrogen and oxygen atoms in total. The zero-order valence-electron chi connectivity index (χ0n) is 12.9. The Morgan fingerprint density at radius 2 is 1.27 bits per heavy atom. The zero-order valence-corrected chi connectivity index (χ0v) is 13.7. The van der Waals surface area contributed by atoms with Gasteiger partial charge in [0.2, 0.25) is 0 Å². The summed E-state index contributed by atoms with van der Waals surface area (Å²) in [4.78, 5) is 10.7. The van der Waals surface area contributed by atoms with Crippen LogP contribution in [-0.4, -0.2) is 52.2 Å². The molecule has 0 radical (unpaired) electrons. The van der Waals surface area contributed by atoms with Crippen molar-refractivity contribution in [2.75, 3.05) is 6.61 Å². The minimum atomic E-state index is -4.52. The number of carbonyl (C=O) groups is 1. The van der Waals surface area contributed by atoms with Gasteiger partial charge in [-0.1, -0.05) is 51.4 Å². The fraction of sp³-hybridized carbons (Fsp3) is 0.929. The van der Waals surface area contributed by atoms with Gasteiger partial charge in [0.05, 0.1) is 12.7 Å². The highest BCUT2D eigenvalue weighted by Crippen LogP contribution is 2.14. The molecule has 2 unspecified atom stereocenters. The molecule has 0 amide bonds. The molecular weight excluding hydrogens is 312 g/mol. The van der Waals surface area contributed by atoms with Gasteiger partial charge in [-0.2, -0.15) is 8.42 Å². The molecule has 132 valence electrons. The first-order chi connectivity index (χ1) is 10.3. The first-order valence-electron chi connectivity index (χ1n) is 7.77. The molecule has 8 heteroatoms. The van der Waals surface area contributed by atoms with Gasteiger partial charge in [0.25, 0.3) is 10.1 Å². The Morgan fingerprint density at radius 1 is 0.864 bits per heavy atom. The van der Waals surface area contributed by atoms with Crippen molar-refractivity contribution < 1.29 is 33.1 Å². The Labute approximate surface area is 132 Å². The van der Waals surface area contributed by atoms with Gasteiger partial charge < -0.3 is 15.3 Å². The maximum absolute atomic E-state index is 10.9. The van der Waals surface area contributed by atoms with E-state index in [4.69, 9.17) is 19.9 Å². The average Bonchev–Trinajstić information content (AvgIpc) is 2.42. The first kappa shape index (κ1) is 21.3. The monoisotopic (exact) mass is 340 g/mol. The van der Waals surface area contributed by atoms with Crippen LogP contribution < -0.4 is 0 Å². The first-order valence-corrected chi connectivity index (χ1v) is 9.27. The van der Waals surface area contributed by atoms with Gasteiger partial charge in [-0.25, -0.2) is 0 Å². The smallest absolute Gasteiger partial charge is 0.324 e. The standard InChI is InChI=1S/C14H28O7S/c15-11-12(16)9-7-5-3-1-2-4-6-8-10-13(14(17)18)22(19,20)21/h12-13,15-16H,1-11H2,(H,17,18)(H,19,20,21). The molecule has 0 saturated carbocycles. The minimum Gasteiger partial charge on any atom is -0.480 e. The summed E-state index contributed by atoms with van der Waals surface area (Å²) >= 11 is 0. The maximum atomic E-state index is 10.9. The molecule has 0 aromatic rings. The maximum Gasteiger partial charge on any atom is 0.324 e. The number of hydrogen-bond acceptors (Lipinski definition) is 5. The second kappa shape index (κ2) is 11.8. The normalized spacial score (nSPS) is 14.7. The Bertz CT molecular complexity index is 394. The van der Waals surface area contributed by atoms with Crippen molar-refractivity contribution >= 4 is 16.1 Å². The van der Waals surface area contributed by atoms with E-state index >= 15 is 0 Å². The summed E-state index contributed by atoms with van der Waals surface area (Å²) in [6.07, 6.45) is 6.99. The van der Waals surface area contributed by atoms with Crippen LogP contribution in [0.5, 0.6) is 0 Å². The van der Waals surface area contributed by atoms with Crippen LogP contribution in [-0.2, 0) is 14.9 Å². The van der Waals surface area contributed by atoms with Crippen molar-refractivity contribution in [2.45, 2.75) is 75.6 Å². The van der Waals surface area contributed by atoms with Gasteiger partial charge in [0, 0.05) is 0 Å². The van der Waals surface area contributed by atoms with Crippen LogP contribution in [0.4, 0.5) is 0 Å². The molecule has 0 fully saturated rings. The average molecular weight is 340 g/mol. The van der Waals surface area contributed by atoms with Crippen molar-refractivity contribution in [1.29, 1.82) is 0 Å². The van der Waals surface area contributed by atoms with Crippen LogP contribution in [0.15, 0.2) is 0 Å². The van der Waals surface area contributed by atoms with Gasteiger partial charge in [0.15, 0.2) is 5.25 Å². The summed E-state index contributed by atoms with van der Waals surface area (Å²) in [5.74, 6) is -1.51. The van der Waals surface area contributed by atoms with Crippen molar-refractivity contribution in [3.63, 3.8) is 0 Å². The lowest BCUT2D eigenvalue weighted by Crippen LogP contribution is -2.29. The minimum absolute atomic E-state index is 0.0623. The van der Waals surface area contributed by atoms with E-state index in [1.165, 1.54) is 0 Å². The predicted molar refractivity (Wildman–Crippen MR) is 82.2 cm³/mol. The molecule has 4 N–H and O–H groups in total. The molecule has 0 heterocycles. The molecule has 0 saturated heterocycles. The van der Waals surface area contributed by atoms with Gasteiger partial charge in [-0.05, 0) is 12.8 Å². The Hall–Kier alpha value is -0.700. The summed E-state index contributed by atoms with van der Waals surface area (Å²) in [7, 11) is -4.52. The summed E-state index contributed by atoms with van der Waals surface area (Å²) in [6.45, 7) is -0.194. The summed E-state index contributed by atoms with van der Waals surface area (Å²) < 4.78 is 30.5. The molecule has 0 aliphatic heterocycles. The zero-order chi connectivity index (χ0) is 17.0. The quantitative estimate of drug-likeness (QED) is 0.279. The number of aliphatic hydroxyl groups excluding tert-OH is 2. The molecule has 0 aromatic heterocycles. The summed E-state index contributed by atoms with van der Waals surface area (Å²) in [5.41, 5.74) is 0. The van der Waals surface area contributed by atoms with Crippen molar-refractivity contribution in [1.82, 2.24) is 0 Å². The number of carboxylic acid groups (broad SMARTS) is 1. The number of carboxylic acids is 1. The summed E-state index contributed by atoms with van der Waals surface area (Å²) in [5, 5.41) is 24.8. The Balaban J connectivity index is 3.52. The molecule has 22 heavy (non-hydrogen) atoms. The van der Waals surface area contributed by atoms with E-state index < -0.39 is 27.4 Å². The van der Waals surface area contributed by atoms with E-state index in [-0.39, 0.29) is 13.0 Å². The van der Waals surface area contributed by atoms with Crippen molar-refractivity contribution in [3.8, 4) is 0 Å². The van der Waals surface area contributed by atoms with E-state index in [1.54, 1.807) is 0 Å². The molecule has 0 aliphatic carbocycles. The van der Waals surface area contributed by atoms with Gasteiger partial charge >= 0.3 is 5.97 Å². The van der Waals surface area contributed by atoms with Crippen LogP contribution in [0, 0.1) is 0 Å². The predicted octanol–water partition coefficient (Wildman–Crippen LogP) is 1.58. The lowest BCUT2D eigenvalue weighted by atomic mass is 10.0. The summed E-state index contributed by atoms with van der Waals surface area (Å²) in [6, 6.07) is 0. The van der Waals surface area contributed by atoms with Crippen molar-refractivity contribution in [3.05, 3.63) is 0 Å². The van der Waals surface area contributed by atoms with Gasteiger partial charge in [-0.15, -0.1) is 0 Å². The van der Waals surface area contributed by atoms with Crippen LogP contribution >= 0.6 is 0 Å². The third kappa shape index (κ3) is 10.9. The van der Waals surface area contributed by atoms with Crippen LogP contribution in [0.25, 0.3) is 0 Å². The molecule has 0 aliphatic rings. The van der Waals surface area contributed by atoms with Gasteiger partial charge in [0.1, 0.15) is 0 Å². The lowest BCUT2D eigenvalue weighted by molar-refractivity contribution is -0.136. The molecular formula is C14H28O7S. The van der Waals surface area contributed by atoms with Crippen LogP contribution in [0.1, 0.15) is 64.2 Å². The SMILES string of the molecule is O=C(O)C(CCCCCCCCCCC(O)CO)S(=O)(=O)O.